The van der Waals surface area contributed by atoms with Gasteiger partial charge in [0.05, 0.1) is 5.69 Å². The van der Waals surface area contributed by atoms with Gasteiger partial charge < -0.3 is 5.73 Å². The highest BCUT2D eigenvalue weighted by molar-refractivity contribution is 6.29. The molecule has 0 saturated carbocycles. The van der Waals surface area contributed by atoms with Crippen LogP contribution in [0.3, 0.4) is 0 Å². The van der Waals surface area contributed by atoms with Gasteiger partial charge >= 0.3 is 5.76 Å². The molecule has 0 spiro atoms. The summed E-state index contributed by atoms with van der Waals surface area (Å²) in [6, 6.07) is 3.11. The molecule has 2 aromatic heterocycles. The van der Waals surface area contributed by atoms with Crippen LogP contribution in [0.4, 0.5) is 5.69 Å². The molecule has 0 aliphatic heterocycles. The lowest BCUT2D eigenvalue weighted by Gasteiger charge is -1.99. The number of nitrogens with one attached hydrogen (secondary N) is 1. The number of rotatable bonds is 1. The van der Waals surface area contributed by atoms with E-state index in [0.717, 1.165) is 0 Å². The molecule has 72 valence electrons. The maximum atomic E-state index is 10.7. The van der Waals surface area contributed by atoms with Crippen LogP contribution < -0.4 is 11.5 Å². The summed E-state index contributed by atoms with van der Waals surface area (Å²) in [5.41, 5.74) is 6.26. The van der Waals surface area contributed by atoms with Gasteiger partial charge in [-0.2, -0.15) is 0 Å². The van der Waals surface area contributed by atoms with Crippen molar-refractivity contribution in [3.8, 4) is 11.5 Å². The second-order valence-corrected chi connectivity index (χ2v) is 2.90. The lowest BCUT2D eigenvalue weighted by molar-refractivity contribution is 0.388. The molecule has 0 atom stereocenters. The van der Waals surface area contributed by atoms with Crippen molar-refractivity contribution in [2.75, 3.05) is 5.73 Å². The number of aromatic nitrogens is 3. The molecular formula is C7H5ClN4O2. The zero-order chi connectivity index (χ0) is 10.1. The Morgan fingerprint density at radius 3 is 2.93 bits per heavy atom. The molecule has 0 amide bonds. The lowest BCUT2D eigenvalue weighted by atomic mass is 10.3. The number of pyridine rings is 1. The van der Waals surface area contributed by atoms with Crippen LogP contribution in [0.15, 0.2) is 21.5 Å². The van der Waals surface area contributed by atoms with Crippen molar-refractivity contribution in [1.29, 1.82) is 0 Å². The fourth-order valence-corrected chi connectivity index (χ4v) is 1.12. The standard InChI is InChI=1S/C7H5ClN4O2/c8-4-2-1-3(9)5(10-4)6-11-7(13)14-12-6/h1-2H,9H2,(H,11,12,13). The van der Waals surface area contributed by atoms with Crippen molar-refractivity contribution in [1.82, 2.24) is 15.1 Å². The third-order valence-electron chi connectivity index (χ3n) is 1.56. The highest BCUT2D eigenvalue weighted by atomic mass is 35.5. The quantitative estimate of drug-likeness (QED) is 0.677. The summed E-state index contributed by atoms with van der Waals surface area (Å²) < 4.78 is 4.31. The number of halogens is 1. The minimum absolute atomic E-state index is 0.162. The summed E-state index contributed by atoms with van der Waals surface area (Å²) in [7, 11) is 0. The molecule has 0 fully saturated rings. The maximum Gasteiger partial charge on any atom is 0.439 e. The van der Waals surface area contributed by atoms with Gasteiger partial charge in [0, 0.05) is 0 Å². The second kappa shape index (κ2) is 3.15. The van der Waals surface area contributed by atoms with Gasteiger partial charge in [0.2, 0.25) is 5.82 Å². The van der Waals surface area contributed by atoms with E-state index < -0.39 is 5.76 Å². The molecule has 2 rings (SSSR count). The van der Waals surface area contributed by atoms with Gasteiger partial charge in [0.25, 0.3) is 0 Å². The van der Waals surface area contributed by atoms with E-state index in [1.165, 1.54) is 0 Å². The minimum Gasteiger partial charge on any atom is -0.397 e. The van der Waals surface area contributed by atoms with Crippen LogP contribution in [-0.4, -0.2) is 15.1 Å². The van der Waals surface area contributed by atoms with E-state index in [4.69, 9.17) is 17.3 Å². The first-order valence-corrected chi connectivity index (χ1v) is 4.03. The Balaban J connectivity index is 2.61. The minimum atomic E-state index is -0.666. The zero-order valence-electron chi connectivity index (χ0n) is 6.82. The SMILES string of the molecule is Nc1ccc(Cl)nc1-c1noc(=O)[nH]1. The summed E-state index contributed by atoms with van der Waals surface area (Å²) in [5, 5.41) is 3.71. The topological polar surface area (TPSA) is 97.8 Å². The fraction of sp³-hybridized carbons (Fsp3) is 0. The molecule has 0 radical (unpaired) electrons. The van der Waals surface area contributed by atoms with Crippen molar-refractivity contribution in [2.24, 2.45) is 0 Å². The van der Waals surface area contributed by atoms with E-state index in [1.54, 1.807) is 12.1 Å². The van der Waals surface area contributed by atoms with Gasteiger partial charge in [-0.05, 0) is 12.1 Å². The van der Waals surface area contributed by atoms with Gasteiger partial charge in [0.15, 0.2) is 0 Å². The van der Waals surface area contributed by atoms with E-state index in [0.29, 0.717) is 11.4 Å². The van der Waals surface area contributed by atoms with E-state index in [9.17, 15) is 4.79 Å². The monoisotopic (exact) mass is 212 g/mol. The van der Waals surface area contributed by atoms with Crippen LogP contribution in [0.1, 0.15) is 0 Å². The summed E-state index contributed by atoms with van der Waals surface area (Å²) in [6.45, 7) is 0. The number of H-pyrrole nitrogens is 1. The highest BCUT2D eigenvalue weighted by Gasteiger charge is 2.10. The van der Waals surface area contributed by atoms with E-state index in [-0.39, 0.29) is 11.0 Å². The highest BCUT2D eigenvalue weighted by Crippen LogP contribution is 2.21. The smallest absolute Gasteiger partial charge is 0.397 e. The molecular weight excluding hydrogens is 208 g/mol. The number of nitrogens with zero attached hydrogens (tertiary/aromatic N) is 2. The van der Waals surface area contributed by atoms with Crippen LogP contribution in [0.5, 0.6) is 0 Å². The molecule has 14 heavy (non-hydrogen) atoms. The number of hydrogen-bond donors (Lipinski definition) is 2. The number of nitrogen functional groups attached to an aromatic ring is 1. The Hall–Kier alpha value is -1.82. The molecule has 0 saturated heterocycles. The first-order valence-electron chi connectivity index (χ1n) is 3.65. The molecule has 2 aromatic rings. The van der Waals surface area contributed by atoms with Crippen LogP contribution in [0.2, 0.25) is 5.15 Å². The largest absolute Gasteiger partial charge is 0.439 e. The number of nitrogens with two attached hydrogens (primary N) is 1. The first kappa shape index (κ1) is 8.76. The van der Waals surface area contributed by atoms with Crippen LogP contribution >= 0.6 is 11.6 Å². The molecule has 0 unspecified atom stereocenters. The first-order chi connectivity index (χ1) is 6.66. The van der Waals surface area contributed by atoms with Crippen LogP contribution in [0, 0.1) is 0 Å². The molecule has 3 N–H and O–H groups in total. The van der Waals surface area contributed by atoms with Crippen molar-refractivity contribution in [3.05, 3.63) is 27.8 Å². The average Bonchev–Trinajstić information content (AvgIpc) is 2.56. The van der Waals surface area contributed by atoms with Crippen LogP contribution in [-0.2, 0) is 0 Å². The molecule has 0 aromatic carbocycles. The van der Waals surface area contributed by atoms with Gasteiger partial charge in [-0.3, -0.25) is 9.51 Å². The summed E-state index contributed by atoms with van der Waals surface area (Å²) in [4.78, 5) is 16.9. The van der Waals surface area contributed by atoms with E-state index in [2.05, 4.69) is 19.6 Å². The Morgan fingerprint density at radius 1 is 1.50 bits per heavy atom. The Labute approximate surface area is 82.7 Å². The van der Waals surface area contributed by atoms with Crippen molar-refractivity contribution >= 4 is 17.3 Å². The summed E-state index contributed by atoms with van der Waals surface area (Å²) in [6.07, 6.45) is 0. The number of hydrogen-bond acceptors (Lipinski definition) is 5. The third kappa shape index (κ3) is 1.47. The molecule has 7 heteroatoms. The molecule has 6 nitrogen and oxygen atoms in total. The van der Waals surface area contributed by atoms with Gasteiger partial charge in [-0.25, -0.2) is 9.78 Å². The normalized spacial score (nSPS) is 10.4. The lowest BCUT2D eigenvalue weighted by Crippen LogP contribution is -1.98. The number of anilines is 1. The van der Waals surface area contributed by atoms with E-state index >= 15 is 0 Å². The molecule has 0 bridgehead atoms. The van der Waals surface area contributed by atoms with Gasteiger partial charge in [-0.1, -0.05) is 16.8 Å². The predicted molar refractivity (Wildman–Crippen MR) is 49.8 cm³/mol. The summed E-state index contributed by atoms with van der Waals surface area (Å²) in [5.74, 6) is -0.504. The van der Waals surface area contributed by atoms with Crippen molar-refractivity contribution in [3.63, 3.8) is 0 Å². The summed E-state index contributed by atoms with van der Waals surface area (Å²) >= 11 is 5.66. The zero-order valence-corrected chi connectivity index (χ0v) is 7.58. The second-order valence-electron chi connectivity index (χ2n) is 2.52. The number of aromatic amines is 1. The molecule has 0 aliphatic carbocycles. The predicted octanol–water partition coefficient (Wildman–Crippen LogP) is 0.661. The van der Waals surface area contributed by atoms with E-state index in [1.807, 2.05) is 0 Å². The molecule has 0 aliphatic rings. The van der Waals surface area contributed by atoms with Gasteiger partial charge in [0.1, 0.15) is 10.8 Å². The Kier molecular flexibility index (Phi) is 1.97. The van der Waals surface area contributed by atoms with Crippen molar-refractivity contribution in [2.45, 2.75) is 0 Å². The van der Waals surface area contributed by atoms with Gasteiger partial charge in [-0.15, -0.1) is 0 Å². The third-order valence-corrected chi connectivity index (χ3v) is 1.77. The Bertz CT molecular complexity index is 518. The Morgan fingerprint density at radius 2 is 2.29 bits per heavy atom. The van der Waals surface area contributed by atoms with Crippen molar-refractivity contribution < 1.29 is 4.52 Å². The maximum absolute atomic E-state index is 10.7. The average molecular weight is 213 g/mol. The molecule has 2 heterocycles. The van der Waals surface area contributed by atoms with Crippen LogP contribution in [0.25, 0.3) is 11.5 Å². The fourth-order valence-electron chi connectivity index (χ4n) is 0.968.